The van der Waals surface area contributed by atoms with Crippen molar-refractivity contribution in [3.05, 3.63) is 11.7 Å². The summed E-state index contributed by atoms with van der Waals surface area (Å²) < 4.78 is 5.26. The Morgan fingerprint density at radius 2 is 2.21 bits per heavy atom. The summed E-state index contributed by atoms with van der Waals surface area (Å²) >= 11 is 0. The van der Waals surface area contributed by atoms with Gasteiger partial charge in [0.05, 0.1) is 5.54 Å². The summed E-state index contributed by atoms with van der Waals surface area (Å²) in [5.74, 6) is 2.14. The van der Waals surface area contributed by atoms with Gasteiger partial charge in [-0.25, -0.2) is 0 Å². The molecule has 1 aliphatic carbocycles. The highest BCUT2D eigenvalue weighted by Gasteiger charge is 2.32. The van der Waals surface area contributed by atoms with Crippen molar-refractivity contribution in [3.63, 3.8) is 0 Å². The Labute approximate surface area is 84.1 Å². The predicted octanol–water partition coefficient (Wildman–Crippen LogP) is 1.79. The summed E-state index contributed by atoms with van der Waals surface area (Å²) in [6, 6.07) is 0. The molecule has 1 N–H and O–H groups in total. The monoisotopic (exact) mass is 195 g/mol. The summed E-state index contributed by atoms with van der Waals surface area (Å²) in [6.07, 6.45) is 2.42. The number of aromatic nitrogens is 2. The smallest absolute Gasteiger partial charge is 0.246 e. The van der Waals surface area contributed by atoms with Crippen LogP contribution in [0.2, 0.25) is 0 Å². The maximum atomic E-state index is 5.26. The molecular formula is C10H17N3O. The van der Waals surface area contributed by atoms with Crippen LogP contribution in [0.15, 0.2) is 4.52 Å². The minimum absolute atomic E-state index is 0.213. The molecule has 0 unspecified atom stereocenters. The Morgan fingerprint density at radius 3 is 2.79 bits per heavy atom. The molecule has 0 atom stereocenters. The van der Waals surface area contributed by atoms with Crippen LogP contribution >= 0.6 is 0 Å². The Morgan fingerprint density at radius 1 is 1.50 bits per heavy atom. The van der Waals surface area contributed by atoms with E-state index in [9.17, 15) is 0 Å². The molecule has 0 radical (unpaired) electrons. The van der Waals surface area contributed by atoms with Gasteiger partial charge in [-0.2, -0.15) is 4.98 Å². The highest BCUT2D eigenvalue weighted by molar-refractivity contribution is 5.07. The van der Waals surface area contributed by atoms with Gasteiger partial charge in [0, 0.05) is 5.92 Å². The molecule has 14 heavy (non-hydrogen) atoms. The van der Waals surface area contributed by atoms with Crippen molar-refractivity contribution >= 4 is 0 Å². The molecule has 0 aliphatic heterocycles. The first-order valence-corrected chi connectivity index (χ1v) is 5.22. The number of hydrogen-bond donors (Lipinski definition) is 1. The lowest BCUT2D eigenvalue weighted by molar-refractivity contribution is 0.270. The molecule has 1 saturated carbocycles. The van der Waals surface area contributed by atoms with Gasteiger partial charge in [-0.15, -0.1) is 0 Å². The Balaban J connectivity index is 2.14. The second kappa shape index (κ2) is 3.35. The summed E-state index contributed by atoms with van der Waals surface area (Å²) in [5.41, 5.74) is -0.213. The fraction of sp³-hybridized carbons (Fsp3) is 0.800. The first-order chi connectivity index (χ1) is 6.63. The van der Waals surface area contributed by atoms with Crippen LogP contribution in [-0.2, 0) is 5.54 Å². The standard InChI is InChI=1S/C10H17N3O/c1-4-11-10(2,3)9-12-8(13-14-9)7-5-6-7/h7,11H,4-6H2,1-3H3. The second-order valence-electron chi connectivity index (χ2n) is 4.39. The van der Waals surface area contributed by atoms with Crippen molar-refractivity contribution in [2.45, 2.75) is 45.1 Å². The van der Waals surface area contributed by atoms with Gasteiger partial charge in [0.1, 0.15) is 0 Å². The van der Waals surface area contributed by atoms with Crippen LogP contribution in [0, 0.1) is 0 Å². The fourth-order valence-corrected chi connectivity index (χ4v) is 1.51. The highest BCUT2D eigenvalue weighted by atomic mass is 16.5. The molecule has 4 heteroatoms. The second-order valence-corrected chi connectivity index (χ2v) is 4.39. The van der Waals surface area contributed by atoms with Crippen LogP contribution in [0.1, 0.15) is 51.2 Å². The van der Waals surface area contributed by atoms with Crippen LogP contribution in [0.5, 0.6) is 0 Å². The molecule has 0 saturated heterocycles. The lowest BCUT2D eigenvalue weighted by atomic mass is 10.1. The zero-order valence-electron chi connectivity index (χ0n) is 9.00. The third kappa shape index (κ3) is 1.80. The van der Waals surface area contributed by atoms with Crippen molar-refractivity contribution in [3.8, 4) is 0 Å². The lowest BCUT2D eigenvalue weighted by Gasteiger charge is -2.20. The summed E-state index contributed by atoms with van der Waals surface area (Å²) in [7, 11) is 0. The van der Waals surface area contributed by atoms with Crippen molar-refractivity contribution in [2.24, 2.45) is 0 Å². The van der Waals surface area contributed by atoms with Crippen molar-refractivity contribution in [1.82, 2.24) is 15.5 Å². The van der Waals surface area contributed by atoms with Crippen LogP contribution in [0.4, 0.5) is 0 Å². The molecular weight excluding hydrogens is 178 g/mol. The molecule has 0 amide bonds. The van der Waals surface area contributed by atoms with Crippen LogP contribution in [0.25, 0.3) is 0 Å². The van der Waals surface area contributed by atoms with Gasteiger partial charge in [-0.3, -0.25) is 0 Å². The summed E-state index contributed by atoms with van der Waals surface area (Å²) in [6.45, 7) is 7.08. The maximum Gasteiger partial charge on any atom is 0.246 e. The Hall–Kier alpha value is -0.900. The molecule has 4 nitrogen and oxygen atoms in total. The van der Waals surface area contributed by atoms with E-state index in [1.165, 1.54) is 12.8 Å². The quantitative estimate of drug-likeness (QED) is 0.795. The normalized spacial score (nSPS) is 17.4. The summed E-state index contributed by atoms with van der Waals surface area (Å²) in [5, 5.41) is 7.32. The van der Waals surface area contributed by atoms with Crippen LogP contribution < -0.4 is 5.32 Å². The molecule has 0 aromatic carbocycles. The highest BCUT2D eigenvalue weighted by Crippen LogP contribution is 2.38. The van der Waals surface area contributed by atoms with Gasteiger partial charge in [0.2, 0.25) is 5.89 Å². The van der Waals surface area contributed by atoms with Crippen molar-refractivity contribution in [1.29, 1.82) is 0 Å². The van der Waals surface area contributed by atoms with E-state index in [1.807, 2.05) is 0 Å². The molecule has 0 bridgehead atoms. The SMILES string of the molecule is CCNC(C)(C)c1nc(C2CC2)no1. The van der Waals surface area contributed by atoms with Gasteiger partial charge in [0.15, 0.2) is 5.82 Å². The Kier molecular flexibility index (Phi) is 2.31. The fourth-order valence-electron chi connectivity index (χ4n) is 1.51. The van der Waals surface area contributed by atoms with E-state index in [0.717, 1.165) is 12.4 Å². The third-order valence-electron chi connectivity index (χ3n) is 2.54. The van der Waals surface area contributed by atoms with E-state index in [0.29, 0.717) is 11.8 Å². The van der Waals surface area contributed by atoms with E-state index in [1.54, 1.807) is 0 Å². The van der Waals surface area contributed by atoms with Crippen LogP contribution in [-0.4, -0.2) is 16.7 Å². The molecule has 78 valence electrons. The average molecular weight is 195 g/mol. The minimum Gasteiger partial charge on any atom is -0.337 e. The largest absolute Gasteiger partial charge is 0.337 e. The van der Waals surface area contributed by atoms with Gasteiger partial charge in [0.25, 0.3) is 0 Å². The van der Waals surface area contributed by atoms with E-state index in [-0.39, 0.29) is 5.54 Å². The predicted molar refractivity (Wildman–Crippen MR) is 53.0 cm³/mol. The number of hydrogen-bond acceptors (Lipinski definition) is 4. The van der Waals surface area contributed by atoms with Crippen LogP contribution in [0.3, 0.4) is 0 Å². The minimum atomic E-state index is -0.213. The summed E-state index contributed by atoms with van der Waals surface area (Å²) in [4.78, 5) is 4.42. The van der Waals surface area contributed by atoms with E-state index < -0.39 is 0 Å². The molecule has 0 spiro atoms. The van der Waals surface area contributed by atoms with Gasteiger partial charge >= 0.3 is 0 Å². The molecule has 2 rings (SSSR count). The lowest BCUT2D eigenvalue weighted by Crippen LogP contribution is -2.36. The van der Waals surface area contributed by atoms with Gasteiger partial charge in [-0.1, -0.05) is 12.1 Å². The van der Waals surface area contributed by atoms with Crippen molar-refractivity contribution < 1.29 is 4.52 Å². The Bertz CT molecular complexity index is 315. The van der Waals surface area contributed by atoms with E-state index >= 15 is 0 Å². The van der Waals surface area contributed by atoms with Crippen molar-refractivity contribution in [2.75, 3.05) is 6.54 Å². The van der Waals surface area contributed by atoms with E-state index in [2.05, 4.69) is 36.2 Å². The van der Waals surface area contributed by atoms with Gasteiger partial charge in [-0.05, 0) is 33.2 Å². The average Bonchev–Trinajstić information content (AvgIpc) is 2.83. The van der Waals surface area contributed by atoms with E-state index in [4.69, 9.17) is 4.52 Å². The third-order valence-corrected chi connectivity index (χ3v) is 2.54. The maximum absolute atomic E-state index is 5.26. The molecule has 1 heterocycles. The number of nitrogens with zero attached hydrogens (tertiary/aromatic N) is 2. The first-order valence-electron chi connectivity index (χ1n) is 5.22. The van der Waals surface area contributed by atoms with Gasteiger partial charge < -0.3 is 9.84 Å². The molecule has 1 aromatic heterocycles. The topological polar surface area (TPSA) is 51.0 Å². The first kappa shape index (κ1) is 9.65. The number of rotatable bonds is 4. The number of nitrogens with one attached hydrogen (secondary N) is 1. The zero-order chi connectivity index (χ0) is 10.2. The molecule has 1 aromatic rings. The molecule has 1 fully saturated rings. The zero-order valence-corrected chi connectivity index (χ0v) is 9.00. The molecule has 1 aliphatic rings.